The molecule has 0 bridgehead atoms. The number of halogens is 2. The second-order valence-corrected chi connectivity index (χ2v) is 9.23. The molecule has 2 unspecified atom stereocenters. The lowest BCUT2D eigenvalue weighted by atomic mass is 10.1. The predicted octanol–water partition coefficient (Wildman–Crippen LogP) is 4.76. The molecule has 0 N–H and O–H groups in total. The number of nitrogens with zero attached hydrogens (tertiary/aromatic N) is 6. The Labute approximate surface area is 193 Å². The van der Waals surface area contributed by atoms with Crippen molar-refractivity contribution in [1.29, 1.82) is 0 Å². The summed E-state index contributed by atoms with van der Waals surface area (Å²) in [5.41, 5.74) is 1.18. The molecule has 0 amide bonds. The van der Waals surface area contributed by atoms with Gasteiger partial charge >= 0.3 is 0 Å². The van der Waals surface area contributed by atoms with Crippen molar-refractivity contribution in [2.24, 2.45) is 0 Å². The van der Waals surface area contributed by atoms with Crippen LogP contribution in [-0.2, 0) is 0 Å². The minimum absolute atomic E-state index is 0.0970. The normalized spacial score (nSPS) is 14.7. The van der Waals surface area contributed by atoms with Crippen LogP contribution in [0, 0.1) is 5.82 Å². The number of anilines is 2. The van der Waals surface area contributed by atoms with E-state index in [1.807, 2.05) is 12.3 Å². The molecule has 164 valence electrons. The lowest BCUT2D eigenvalue weighted by Gasteiger charge is -2.32. The van der Waals surface area contributed by atoms with Crippen molar-refractivity contribution in [2.45, 2.75) is 18.1 Å². The summed E-state index contributed by atoms with van der Waals surface area (Å²) in [6.45, 7) is 5.12. The molecular formula is C19H22ClFN6OP2S. The number of hydrogen-bond donors (Lipinski definition) is 0. The molecule has 3 aromatic rings. The lowest BCUT2D eigenvalue weighted by molar-refractivity contribution is 0.316. The topological polar surface area (TPSA) is 67.3 Å². The molecular weight excluding hydrogens is 477 g/mol. The fraction of sp³-hybridized carbons (Fsp3) is 0.368. The summed E-state index contributed by atoms with van der Waals surface area (Å²) < 4.78 is 23.0. The van der Waals surface area contributed by atoms with E-state index in [-0.39, 0.29) is 22.6 Å². The molecule has 0 saturated heterocycles. The quantitative estimate of drug-likeness (QED) is 0.209. The van der Waals surface area contributed by atoms with Gasteiger partial charge in [-0.3, -0.25) is 0 Å². The molecule has 3 atom stereocenters. The highest BCUT2D eigenvalue weighted by atomic mass is 35.5. The van der Waals surface area contributed by atoms with Crippen LogP contribution < -0.4 is 14.3 Å². The number of aromatic nitrogens is 4. The van der Waals surface area contributed by atoms with Crippen LogP contribution in [0.1, 0.15) is 18.5 Å². The highest BCUT2D eigenvalue weighted by Gasteiger charge is 2.30. The van der Waals surface area contributed by atoms with Crippen molar-refractivity contribution in [3.8, 4) is 5.88 Å². The van der Waals surface area contributed by atoms with E-state index >= 15 is 0 Å². The van der Waals surface area contributed by atoms with Crippen LogP contribution in [0.4, 0.5) is 16.0 Å². The van der Waals surface area contributed by atoms with Gasteiger partial charge < -0.3 is 14.3 Å². The Hall–Kier alpha value is -1.53. The van der Waals surface area contributed by atoms with E-state index in [0.29, 0.717) is 38.2 Å². The number of ether oxygens (including phenoxy) is 1. The number of hydrogen-bond acceptors (Lipinski definition) is 8. The van der Waals surface area contributed by atoms with E-state index in [9.17, 15) is 4.39 Å². The minimum Gasteiger partial charge on any atom is -0.475 e. The average Bonchev–Trinajstić information content (AvgIpc) is 2.97. The Kier molecular flexibility index (Phi) is 6.97. The van der Waals surface area contributed by atoms with Crippen LogP contribution in [-0.4, -0.2) is 52.3 Å². The van der Waals surface area contributed by atoms with Gasteiger partial charge in [0.15, 0.2) is 16.1 Å². The maximum absolute atomic E-state index is 14.9. The van der Waals surface area contributed by atoms with Gasteiger partial charge in [-0.2, -0.15) is 4.98 Å². The third kappa shape index (κ3) is 4.13. The van der Waals surface area contributed by atoms with Crippen LogP contribution in [0.2, 0.25) is 5.15 Å². The zero-order chi connectivity index (χ0) is 22.1. The Morgan fingerprint density at radius 2 is 2.23 bits per heavy atom. The van der Waals surface area contributed by atoms with Gasteiger partial charge in [0.05, 0.1) is 12.6 Å². The van der Waals surface area contributed by atoms with Gasteiger partial charge in [-0.1, -0.05) is 29.4 Å². The zero-order valence-corrected chi connectivity index (χ0v) is 21.0. The third-order valence-electron chi connectivity index (χ3n) is 5.14. The third-order valence-corrected chi connectivity index (χ3v) is 7.60. The SMILES string of the molecule is CPN(CP)c1ncccc1[C@@H](C)N1CCOc2nc(Cl)c(F)c3nc(SC)nc1c23. The number of thioether (sulfide) groups is 1. The van der Waals surface area contributed by atoms with Crippen molar-refractivity contribution in [3.05, 3.63) is 34.9 Å². The smallest absolute Gasteiger partial charge is 0.228 e. The molecule has 0 aliphatic carbocycles. The Morgan fingerprint density at radius 1 is 1.42 bits per heavy atom. The molecule has 0 radical (unpaired) electrons. The molecule has 0 fully saturated rings. The monoisotopic (exact) mass is 498 g/mol. The fourth-order valence-corrected chi connectivity index (χ4v) is 5.44. The number of rotatable bonds is 6. The Bertz CT molecular complexity index is 1120. The van der Waals surface area contributed by atoms with Crippen LogP contribution >= 0.6 is 41.3 Å². The van der Waals surface area contributed by atoms with E-state index in [2.05, 4.69) is 53.4 Å². The highest BCUT2D eigenvalue weighted by molar-refractivity contribution is 7.98. The molecule has 0 aromatic carbocycles. The highest BCUT2D eigenvalue weighted by Crippen LogP contribution is 2.42. The molecule has 1 aliphatic heterocycles. The van der Waals surface area contributed by atoms with Crippen molar-refractivity contribution < 1.29 is 9.13 Å². The summed E-state index contributed by atoms with van der Waals surface area (Å²) in [5, 5.41) is 0.645. The first-order valence-corrected chi connectivity index (χ1v) is 13.5. The summed E-state index contributed by atoms with van der Waals surface area (Å²) >= 11 is 7.36. The first-order chi connectivity index (χ1) is 15.0. The van der Waals surface area contributed by atoms with Gasteiger partial charge in [-0.25, -0.2) is 19.3 Å². The molecule has 31 heavy (non-hydrogen) atoms. The zero-order valence-electron chi connectivity index (χ0n) is 17.3. The molecule has 0 spiro atoms. The van der Waals surface area contributed by atoms with Gasteiger partial charge in [0.25, 0.3) is 0 Å². The van der Waals surface area contributed by atoms with E-state index in [1.165, 1.54) is 11.8 Å². The average molecular weight is 499 g/mol. The lowest BCUT2D eigenvalue weighted by Crippen LogP contribution is -2.32. The standard InChI is InChI=1S/C19H22ClFN6OP2S/c1-10(11-5-4-6-22-16(11)27(9-29)30-2)26-7-8-28-18-12-14(13(21)15(20)24-18)23-19(31-3)25-17(12)26/h4-6,10,30H,7-9,29H2,1-3H3/t10-/m1/s1. The van der Waals surface area contributed by atoms with Gasteiger partial charge in [0.2, 0.25) is 5.88 Å². The maximum Gasteiger partial charge on any atom is 0.228 e. The van der Waals surface area contributed by atoms with E-state index < -0.39 is 5.82 Å². The van der Waals surface area contributed by atoms with Crippen molar-refractivity contribution in [1.82, 2.24) is 19.9 Å². The Morgan fingerprint density at radius 3 is 2.94 bits per heavy atom. The molecule has 4 rings (SSSR count). The maximum atomic E-state index is 14.9. The second kappa shape index (κ2) is 9.53. The summed E-state index contributed by atoms with van der Waals surface area (Å²) in [7, 11) is 3.33. The van der Waals surface area contributed by atoms with Gasteiger partial charge in [0.1, 0.15) is 29.1 Å². The molecule has 0 saturated carbocycles. The molecule has 4 heterocycles. The summed E-state index contributed by atoms with van der Waals surface area (Å²) in [6, 6.07) is 3.91. The van der Waals surface area contributed by atoms with Gasteiger partial charge in [0, 0.05) is 18.0 Å². The molecule has 3 aromatic heterocycles. The minimum atomic E-state index is -0.666. The van der Waals surface area contributed by atoms with Crippen molar-refractivity contribution >= 4 is 63.9 Å². The molecule has 12 heteroatoms. The van der Waals surface area contributed by atoms with Gasteiger partial charge in [-0.15, -0.1) is 9.24 Å². The van der Waals surface area contributed by atoms with Crippen LogP contribution in [0.5, 0.6) is 5.88 Å². The van der Waals surface area contributed by atoms with Crippen molar-refractivity contribution in [2.75, 3.05) is 41.9 Å². The fourth-order valence-electron chi connectivity index (χ4n) is 3.62. The largest absolute Gasteiger partial charge is 0.475 e. The second-order valence-electron chi connectivity index (χ2n) is 6.75. The summed E-state index contributed by atoms with van der Waals surface area (Å²) in [4.78, 5) is 20.0. The first-order valence-electron chi connectivity index (χ1n) is 9.60. The van der Waals surface area contributed by atoms with Crippen molar-refractivity contribution in [3.63, 3.8) is 0 Å². The number of pyridine rings is 2. The van der Waals surface area contributed by atoms with E-state index in [1.54, 1.807) is 6.20 Å². The molecule has 7 nitrogen and oxygen atoms in total. The predicted molar refractivity (Wildman–Crippen MR) is 131 cm³/mol. The Balaban J connectivity index is 1.91. The van der Waals surface area contributed by atoms with Crippen LogP contribution in [0.25, 0.3) is 10.9 Å². The van der Waals surface area contributed by atoms with Crippen LogP contribution in [0.3, 0.4) is 0 Å². The first kappa shape index (κ1) is 22.7. The van der Waals surface area contributed by atoms with E-state index in [0.717, 1.165) is 17.7 Å². The summed E-state index contributed by atoms with van der Waals surface area (Å²) in [6.07, 6.45) is 4.43. The van der Waals surface area contributed by atoms with E-state index in [4.69, 9.17) is 21.3 Å². The molecule has 1 aliphatic rings. The summed E-state index contributed by atoms with van der Waals surface area (Å²) in [5.74, 6) is 1.10. The van der Waals surface area contributed by atoms with Gasteiger partial charge in [-0.05, 0) is 34.6 Å². The van der Waals surface area contributed by atoms with Crippen LogP contribution in [0.15, 0.2) is 23.5 Å².